The highest BCUT2D eigenvalue weighted by Crippen LogP contribution is 2.07. The summed E-state index contributed by atoms with van der Waals surface area (Å²) in [6.07, 6.45) is 8.75. The van der Waals surface area contributed by atoms with E-state index in [1.54, 1.807) is 0 Å². The molecule has 0 fully saturated rings. The van der Waals surface area contributed by atoms with Gasteiger partial charge >= 0.3 is 5.97 Å². The van der Waals surface area contributed by atoms with Crippen LogP contribution in [0.15, 0.2) is 12.2 Å². The SMILES string of the molecule is CCCCC/C=C\CCC(=O)OC(CC(=O)[O-])C[N+](C)(C)C. The average Bonchev–Trinajstić information content (AvgIpc) is 2.34. The number of carbonyl (C=O) groups is 2. The number of unbranched alkanes of at least 4 members (excludes halogenated alkanes) is 3. The Bertz CT molecular complexity index is 358. The number of rotatable bonds is 12. The maximum atomic E-state index is 11.8. The molecule has 0 bridgehead atoms. The third-order valence-electron chi connectivity index (χ3n) is 3.10. The fraction of sp³-hybridized carbons (Fsp3) is 0.765. The first-order valence-corrected chi connectivity index (χ1v) is 8.09. The van der Waals surface area contributed by atoms with Gasteiger partial charge in [-0.25, -0.2) is 0 Å². The van der Waals surface area contributed by atoms with Crippen LogP contribution in [0.25, 0.3) is 0 Å². The number of esters is 1. The van der Waals surface area contributed by atoms with E-state index in [-0.39, 0.29) is 18.8 Å². The molecule has 0 spiro atoms. The first-order chi connectivity index (χ1) is 10.2. The molecule has 1 unspecified atom stereocenters. The Morgan fingerprint density at radius 1 is 1.14 bits per heavy atom. The van der Waals surface area contributed by atoms with Gasteiger partial charge in [-0.15, -0.1) is 0 Å². The molecule has 0 rings (SSSR count). The standard InChI is InChI=1S/C17H31NO4/c1-5-6-7-8-9-10-11-12-17(21)22-15(13-16(19)20)14-18(2,3)4/h9-10,15H,5-8,11-14H2,1-4H3/b10-9-. The van der Waals surface area contributed by atoms with E-state index in [4.69, 9.17) is 4.74 Å². The van der Waals surface area contributed by atoms with Crippen molar-refractivity contribution < 1.29 is 23.9 Å². The Kier molecular flexibility index (Phi) is 10.5. The fourth-order valence-electron chi connectivity index (χ4n) is 2.13. The maximum Gasteiger partial charge on any atom is 0.306 e. The number of carbonyl (C=O) groups excluding carboxylic acids is 2. The summed E-state index contributed by atoms with van der Waals surface area (Å²) in [5, 5.41) is 10.7. The zero-order valence-electron chi connectivity index (χ0n) is 14.5. The molecule has 0 N–H and O–H groups in total. The van der Waals surface area contributed by atoms with E-state index in [0.29, 0.717) is 17.4 Å². The molecular weight excluding hydrogens is 282 g/mol. The third kappa shape index (κ3) is 13.6. The van der Waals surface area contributed by atoms with E-state index in [9.17, 15) is 14.7 Å². The Balaban J connectivity index is 4.09. The topological polar surface area (TPSA) is 66.4 Å². The van der Waals surface area contributed by atoms with E-state index in [0.717, 1.165) is 6.42 Å². The quantitative estimate of drug-likeness (QED) is 0.238. The summed E-state index contributed by atoms with van der Waals surface area (Å²) in [5.74, 6) is -1.54. The normalized spacial score (nSPS) is 13.3. The molecule has 128 valence electrons. The molecule has 0 radical (unpaired) electrons. The second kappa shape index (κ2) is 11.2. The van der Waals surface area contributed by atoms with Crippen molar-refractivity contribution in [3.05, 3.63) is 12.2 Å². The van der Waals surface area contributed by atoms with Crippen molar-refractivity contribution in [3.8, 4) is 0 Å². The van der Waals surface area contributed by atoms with Crippen molar-refractivity contribution >= 4 is 11.9 Å². The maximum absolute atomic E-state index is 11.8. The number of hydrogen-bond acceptors (Lipinski definition) is 4. The van der Waals surface area contributed by atoms with Crippen LogP contribution in [0, 0.1) is 0 Å². The number of nitrogens with zero attached hydrogens (tertiary/aromatic N) is 1. The third-order valence-corrected chi connectivity index (χ3v) is 3.10. The van der Waals surface area contributed by atoms with Gasteiger partial charge in [0.25, 0.3) is 0 Å². The van der Waals surface area contributed by atoms with Crippen molar-refractivity contribution in [2.75, 3.05) is 27.7 Å². The summed E-state index contributed by atoms with van der Waals surface area (Å²) in [6, 6.07) is 0. The largest absolute Gasteiger partial charge is 0.550 e. The molecule has 0 aliphatic carbocycles. The lowest BCUT2D eigenvalue weighted by atomic mass is 10.2. The van der Waals surface area contributed by atoms with Gasteiger partial charge in [0.15, 0.2) is 6.10 Å². The second-order valence-corrected chi connectivity index (χ2v) is 6.67. The van der Waals surface area contributed by atoms with Crippen molar-refractivity contribution in [1.82, 2.24) is 0 Å². The second-order valence-electron chi connectivity index (χ2n) is 6.67. The molecule has 0 amide bonds. The van der Waals surface area contributed by atoms with Crippen molar-refractivity contribution in [2.45, 2.75) is 58.0 Å². The van der Waals surface area contributed by atoms with Crippen LogP contribution in [-0.2, 0) is 14.3 Å². The number of carboxylic acid groups (broad SMARTS) is 1. The monoisotopic (exact) mass is 313 g/mol. The predicted molar refractivity (Wildman–Crippen MR) is 84.9 cm³/mol. The van der Waals surface area contributed by atoms with Gasteiger partial charge in [0.2, 0.25) is 0 Å². The van der Waals surface area contributed by atoms with Crippen LogP contribution in [0.4, 0.5) is 0 Å². The van der Waals surface area contributed by atoms with Gasteiger partial charge < -0.3 is 19.1 Å². The molecule has 5 nitrogen and oxygen atoms in total. The van der Waals surface area contributed by atoms with E-state index in [2.05, 4.69) is 13.0 Å². The number of hydrogen-bond donors (Lipinski definition) is 0. The summed E-state index contributed by atoms with van der Waals surface area (Å²) in [5.41, 5.74) is 0. The average molecular weight is 313 g/mol. The summed E-state index contributed by atoms with van der Waals surface area (Å²) in [6.45, 7) is 2.62. The van der Waals surface area contributed by atoms with E-state index in [1.807, 2.05) is 27.2 Å². The van der Waals surface area contributed by atoms with E-state index in [1.165, 1.54) is 19.3 Å². The van der Waals surface area contributed by atoms with Gasteiger partial charge in [0.05, 0.1) is 21.1 Å². The number of quaternary nitrogens is 1. The summed E-state index contributed by atoms with van der Waals surface area (Å²) in [4.78, 5) is 22.5. The number of aliphatic carboxylic acids is 1. The lowest BCUT2D eigenvalue weighted by Gasteiger charge is -2.29. The molecule has 22 heavy (non-hydrogen) atoms. The van der Waals surface area contributed by atoms with Crippen LogP contribution < -0.4 is 5.11 Å². The fourth-order valence-corrected chi connectivity index (χ4v) is 2.13. The zero-order valence-corrected chi connectivity index (χ0v) is 14.5. The Hall–Kier alpha value is -1.36. The predicted octanol–water partition coefficient (Wildman–Crippen LogP) is 1.66. The van der Waals surface area contributed by atoms with Crippen LogP contribution in [0.2, 0.25) is 0 Å². The molecule has 0 heterocycles. The lowest BCUT2D eigenvalue weighted by Crippen LogP contribution is -2.45. The zero-order chi connectivity index (χ0) is 17.0. The van der Waals surface area contributed by atoms with Gasteiger partial charge in [-0.3, -0.25) is 4.79 Å². The summed E-state index contributed by atoms with van der Waals surface area (Å²) >= 11 is 0. The number of carboxylic acids is 1. The first kappa shape index (κ1) is 20.6. The Morgan fingerprint density at radius 3 is 2.32 bits per heavy atom. The Labute approximate surface area is 134 Å². The molecule has 0 aromatic carbocycles. The molecule has 0 saturated heterocycles. The highest BCUT2D eigenvalue weighted by atomic mass is 16.5. The Morgan fingerprint density at radius 2 is 1.77 bits per heavy atom. The van der Waals surface area contributed by atoms with Crippen molar-refractivity contribution in [1.29, 1.82) is 0 Å². The minimum absolute atomic E-state index is 0.256. The summed E-state index contributed by atoms with van der Waals surface area (Å²) in [7, 11) is 5.78. The molecule has 1 atom stereocenters. The van der Waals surface area contributed by atoms with Crippen LogP contribution in [0.3, 0.4) is 0 Å². The van der Waals surface area contributed by atoms with Crippen LogP contribution in [0.1, 0.15) is 51.9 Å². The van der Waals surface area contributed by atoms with Crippen LogP contribution in [-0.4, -0.2) is 50.2 Å². The highest BCUT2D eigenvalue weighted by Gasteiger charge is 2.22. The number of likely N-dealkylation sites (N-methyl/N-ethyl adjacent to an activating group) is 1. The van der Waals surface area contributed by atoms with Crippen LogP contribution >= 0.6 is 0 Å². The van der Waals surface area contributed by atoms with Gasteiger partial charge in [-0.1, -0.05) is 31.9 Å². The van der Waals surface area contributed by atoms with E-state index < -0.39 is 12.1 Å². The van der Waals surface area contributed by atoms with Gasteiger partial charge in [-0.2, -0.15) is 0 Å². The lowest BCUT2D eigenvalue weighted by molar-refractivity contribution is -0.873. The molecular formula is C17H31NO4. The first-order valence-electron chi connectivity index (χ1n) is 8.09. The molecule has 0 aromatic rings. The van der Waals surface area contributed by atoms with E-state index >= 15 is 0 Å². The molecule has 0 aliphatic rings. The minimum atomic E-state index is -1.19. The number of allylic oxidation sites excluding steroid dienone is 2. The highest BCUT2D eigenvalue weighted by molar-refractivity contribution is 5.71. The van der Waals surface area contributed by atoms with Gasteiger partial charge in [0, 0.05) is 18.8 Å². The summed E-state index contributed by atoms with van der Waals surface area (Å²) < 4.78 is 5.80. The smallest absolute Gasteiger partial charge is 0.306 e. The van der Waals surface area contributed by atoms with Gasteiger partial charge in [0.1, 0.15) is 6.54 Å². The molecule has 0 aromatic heterocycles. The molecule has 5 heteroatoms. The molecule has 0 saturated carbocycles. The van der Waals surface area contributed by atoms with Crippen molar-refractivity contribution in [2.24, 2.45) is 0 Å². The number of ether oxygens (including phenoxy) is 1. The van der Waals surface area contributed by atoms with Gasteiger partial charge in [-0.05, 0) is 19.3 Å². The van der Waals surface area contributed by atoms with Crippen molar-refractivity contribution in [3.63, 3.8) is 0 Å². The van der Waals surface area contributed by atoms with Crippen LogP contribution in [0.5, 0.6) is 0 Å². The minimum Gasteiger partial charge on any atom is -0.550 e. The molecule has 0 aliphatic heterocycles.